The highest BCUT2D eigenvalue weighted by molar-refractivity contribution is 7.99. The van der Waals surface area contributed by atoms with Crippen LogP contribution in [0.25, 0.3) is 0 Å². The second-order valence-electron chi connectivity index (χ2n) is 8.52. The van der Waals surface area contributed by atoms with Crippen LogP contribution in [-0.2, 0) is 4.79 Å². The standard InChI is InChI=1S/C22H29N5O2S/c1-29-18-10-6-16(7-11-18)20(15-4-5-15)23-19(28)14-30-22-25-24-21(26-12-2-3-13-26)27(22)17-8-9-17/h6-7,10-11,15,17,20H,2-5,8-9,12-14H2,1H3,(H,23,28). The molecule has 160 valence electrons. The summed E-state index contributed by atoms with van der Waals surface area (Å²) in [7, 11) is 1.67. The number of nitrogens with one attached hydrogen (secondary N) is 1. The molecule has 3 fully saturated rings. The topological polar surface area (TPSA) is 72.3 Å². The first-order valence-corrected chi connectivity index (χ1v) is 12.0. The van der Waals surface area contributed by atoms with Crippen LogP contribution < -0.4 is 15.0 Å². The van der Waals surface area contributed by atoms with Gasteiger partial charge in [0.05, 0.1) is 18.9 Å². The van der Waals surface area contributed by atoms with Crippen molar-refractivity contribution in [2.24, 2.45) is 5.92 Å². The van der Waals surface area contributed by atoms with Crippen molar-refractivity contribution < 1.29 is 9.53 Å². The predicted octanol–water partition coefficient (Wildman–Crippen LogP) is 3.58. The molecular weight excluding hydrogens is 398 g/mol. The lowest BCUT2D eigenvalue weighted by Crippen LogP contribution is -2.31. The zero-order valence-electron chi connectivity index (χ0n) is 17.4. The number of benzene rings is 1. The largest absolute Gasteiger partial charge is 0.497 e. The third kappa shape index (κ3) is 4.29. The molecule has 1 aromatic heterocycles. The number of rotatable bonds is 9. The number of thioether (sulfide) groups is 1. The molecule has 1 atom stereocenters. The maximum Gasteiger partial charge on any atom is 0.230 e. The van der Waals surface area contributed by atoms with Crippen LogP contribution in [0.1, 0.15) is 56.2 Å². The molecule has 7 nitrogen and oxygen atoms in total. The normalized spacial score (nSPS) is 19.7. The van der Waals surface area contributed by atoms with Crippen LogP contribution in [0.15, 0.2) is 29.4 Å². The van der Waals surface area contributed by atoms with E-state index in [1.165, 1.54) is 50.3 Å². The summed E-state index contributed by atoms with van der Waals surface area (Å²) in [5.74, 6) is 2.78. The van der Waals surface area contributed by atoms with Gasteiger partial charge in [0.25, 0.3) is 0 Å². The van der Waals surface area contributed by atoms with Crippen molar-refractivity contribution in [1.82, 2.24) is 20.1 Å². The highest BCUT2D eigenvalue weighted by Gasteiger charge is 2.34. The molecule has 1 aromatic carbocycles. The first kappa shape index (κ1) is 19.7. The van der Waals surface area contributed by atoms with E-state index in [4.69, 9.17) is 4.74 Å². The molecule has 1 saturated heterocycles. The Morgan fingerprint density at radius 2 is 1.90 bits per heavy atom. The molecule has 2 heterocycles. The molecule has 1 amide bonds. The van der Waals surface area contributed by atoms with Crippen molar-refractivity contribution in [3.05, 3.63) is 29.8 Å². The van der Waals surface area contributed by atoms with E-state index >= 15 is 0 Å². The van der Waals surface area contributed by atoms with Crippen LogP contribution in [0.2, 0.25) is 0 Å². The van der Waals surface area contributed by atoms with Crippen LogP contribution in [0.3, 0.4) is 0 Å². The van der Waals surface area contributed by atoms with Gasteiger partial charge < -0.3 is 15.0 Å². The van der Waals surface area contributed by atoms with E-state index in [-0.39, 0.29) is 11.9 Å². The van der Waals surface area contributed by atoms with Gasteiger partial charge in [0.1, 0.15) is 5.75 Å². The quantitative estimate of drug-likeness (QED) is 0.617. The summed E-state index contributed by atoms with van der Waals surface area (Å²) >= 11 is 1.51. The molecule has 1 aliphatic heterocycles. The second-order valence-corrected chi connectivity index (χ2v) is 9.46. The molecule has 8 heteroatoms. The lowest BCUT2D eigenvalue weighted by molar-refractivity contribution is -0.119. The van der Waals surface area contributed by atoms with E-state index in [1.54, 1.807) is 7.11 Å². The summed E-state index contributed by atoms with van der Waals surface area (Å²) < 4.78 is 7.53. The molecule has 1 unspecified atom stereocenters. The van der Waals surface area contributed by atoms with Crippen molar-refractivity contribution in [1.29, 1.82) is 0 Å². The highest BCUT2D eigenvalue weighted by Crippen LogP contribution is 2.42. The van der Waals surface area contributed by atoms with Crippen LogP contribution >= 0.6 is 11.8 Å². The van der Waals surface area contributed by atoms with E-state index < -0.39 is 0 Å². The molecule has 3 aliphatic rings. The van der Waals surface area contributed by atoms with Gasteiger partial charge in [-0.15, -0.1) is 10.2 Å². The summed E-state index contributed by atoms with van der Waals surface area (Å²) in [6.07, 6.45) is 7.13. The zero-order valence-corrected chi connectivity index (χ0v) is 18.2. The lowest BCUT2D eigenvalue weighted by atomic mass is 10.0. The number of carbonyl (C=O) groups is 1. The molecule has 0 radical (unpaired) electrons. The van der Waals surface area contributed by atoms with Gasteiger partial charge in [-0.25, -0.2) is 0 Å². The second kappa shape index (κ2) is 8.49. The number of methoxy groups -OCH3 is 1. The molecule has 2 aromatic rings. The number of anilines is 1. The minimum absolute atomic E-state index is 0.0563. The minimum atomic E-state index is 0.0563. The zero-order chi connectivity index (χ0) is 20.5. The van der Waals surface area contributed by atoms with E-state index in [2.05, 4.69) is 37.1 Å². The fourth-order valence-electron chi connectivity index (χ4n) is 4.21. The Labute approximate surface area is 181 Å². The Kier molecular flexibility index (Phi) is 5.58. The van der Waals surface area contributed by atoms with Gasteiger partial charge >= 0.3 is 0 Å². The number of ether oxygens (including phenoxy) is 1. The van der Waals surface area contributed by atoms with E-state index in [9.17, 15) is 4.79 Å². The monoisotopic (exact) mass is 427 g/mol. The number of hydrogen-bond acceptors (Lipinski definition) is 6. The summed E-state index contributed by atoms with van der Waals surface area (Å²) in [6.45, 7) is 2.11. The lowest BCUT2D eigenvalue weighted by Gasteiger charge is -2.19. The molecule has 5 rings (SSSR count). The smallest absolute Gasteiger partial charge is 0.230 e. The number of amides is 1. The Morgan fingerprint density at radius 1 is 1.17 bits per heavy atom. The van der Waals surface area contributed by atoms with Crippen LogP contribution in [0.4, 0.5) is 5.95 Å². The molecule has 30 heavy (non-hydrogen) atoms. The van der Waals surface area contributed by atoms with Crippen molar-refractivity contribution in [2.45, 2.75) is 55.8 Å². The average Bonchev–Trinajstić information content (AvgIpc) is 3.70. The van der Waals surface area contributed by atoms with Gasteiger partial charge in [0, 0.05) is 19.1 Å². The van der Waals surface area contributed by atoms with Crippen molar-refractivity contribution >= 4 is 23.6 Å². The van der Waals surface area contributed by atoms with Gasteiger partial charge in [0.15, 0.2) is 5.16 Å². The van der Waals surface area contributed by atoms with Crippen LogP contribution in [-0.4, -0.2) is 46.6 Å². The molecular formula is C22H29N5O2S. The van der Waals surface area contributed by atoms with Crippen molar-refractivity contribution in [3.63, 3.8) is 0 Å². The van der Waals surface area contributed by atoms with Gasteiger partial charge in [-0.1, -0.05) is 23.9 Å². The van der Waals surface area contributed by atoms with E-state index in [1.807, 2.05) is 12.1 Å². The first-order valence-electron chi connectivity index (χ1n) is 11.0. The van der Waals surface area contributed by atoms with Gasteiger partial charge in [-0.2, -0.15) is 0 Å². The Balaban J connectivity index is 1.23. The Hall–Kier alpha value is -2.22. The fraction of sp³-hybridized carbons (Fsp3) is 0.591. The summed E-state index contributed by atoms with van der Waals surface area (Å²) in [5, 5.41) is 13.1. The number of aromatic nitrogens is 3. The maximum absolute atomic E-state index is 12.8. The highest BCUT2D eigenvalue weighted by atomic mass is 32.2. The summed E-state index contributed by atoms with van der Waals surface area (Å²) in [4.78, 5) is 15.1. The van der Waals surface area contributed by atoms with Crippen molar-refractivity contribution in [3.8, 4) is 5.75 Å². The molecule has 2 aliphatic carbocycles. The minimum Gasteiger partial charge on any atom is -0.497 e. The SMILES string of the molecule is COc1ccc(C(NC(=O)CSc2nnc(N3CCCC3)n2C2CC2)C2CC2)cc1. The summed E-state index contributed by atoms with van der Waals surface area (Å²) in [5.41, 5.74) is 1.15. The van der Waals surface area contributed by atoms with Gasteiger partial charge in [-0.05, 0) is 62.1 Å². The van der Waals surface area contributed by atoms with Gasteiger partial charge in [-0.3, -0.25) is 9.36 Å². The van der Waals surface area contributed by atoms with Gasteiger partial charge in [0.2, 0.25) is 11.9 Å². The molecule has 0 bridgehead atoms. The number of nitrogens with zero attached hydrogens (tertiary/aromatic N) is 4. The summed E-state index contributed by atoms with van der Waals surface area (Å²) in [6, 6.07) is 8.61. The third-order valence-corrected chi connectivity index (χ3v) is 7.11. The first-order chi connectivity index (χ1) is 14.7. The van der Waals surface area contributed by atoms with Crippen LogP contribution in [0.5, 0.6) is 5.75 Å². The number of carbonyl (C=O) groups excluding carboxylic acids is 1. The molecule has 1 N–H and O–H groups in total. The maximum atomic E-state index is 12.8. The Morgan fingerprint density at radius 3 is 2.53 bits per heavy atom. The Bertz CT molecular complexity index is 885. The average molecular weight is 428 g/mol. The fourth-order valence-corrected chi connectivity index (χ4v) is 5.02. The van der Waals surface area contributed by atoms with E-state index in [0.29, 0.717) is 17.7 Å². The predicted molar refractivity (Wildman–Crippen MR) is 117 cm³/mol. The number of hydrogen-bond donors (Lipinski definition) is 1. The van der Waals surface area contributed by atoms with Crippen molar-refractivity contribution in [2.75, 3.05) is 30.9 Å². The van der Waals surface area contributed by atoms with Crippen LogP contribution in [0, 0.1) is 5.92 Å². The molecule has 2 saturated carbocycles. The molecule has 0 spiro atoms. The third-order valence-electron chi connectivity index (χ3n) is 6.16. The van der Waals surface area contributed by atoms with E-state index in [0.717, 1.165) is 35.5 Å².